The number of phenols is 1. The Morgan fingerprint density at radius 1 is 1.18 bits per heavy atom. The number of methoxy groups -OCH3 is 1. The minimum Gasteiger partial charge on any atom is -0.504 e. The molecule has 0 heterocycles. The number of hydrogen-bond acceptors (Lipinski definition) is 3. The Morgan fingerprint density at radius 2 is 1.91 bits per heavy atom. The molecule has 0 aromatic heterocycles. The number of halogens is 2. The molecule has 2 aromatic rings. The summed E-state index contributed by atoms with van der Waals surface area (Å²) in [7, 11) is 1.45. The molecule has 116 valence electrons. The second kappa shape index (κ2) is 6.90. The summed E-state index contributed by atoms with van der Waals surface area (Å²) in [6.45, 7) is 0. The van der Waals surface area contributed by atoms with Gasteiger partial charge in [-0.3, -0.25) is 4.79 Å². The van der Waals surface area contributed by atoms with Crippen LogP contribution < -0.4 is 4.74 Å². The van der Waals surface area contributed by atoms with Gasteiger partial charge >= 0.3 is 5.97 Å². The second-order valence-corrected chi connectivity index (χ2v) is 5.59. The predicted octanol–water partition coefficient (Wildman–Crippen LogP) is 4.12. The molecule has 0 saturated heterocycles. The lowest BCUT2D eigenvalue weighted by Crippen LogP contribution is -2.14. The molecular weight excluding hydrogens is 327 g/mol. The van der Waals surface area contributed by atoms with Crippen molar-refractivity contribution in [1.29, 1.82) is 0 Å². The van der Waals surface area contributed by atoms with Crippen molar-refractivity contribution in [1.82, 2.24) is 0 Å². The zero-order valence-electron chi connectivity index (χ0n) is 11.7. The normalized spacial score (nSPS) is 12.0. The molecule has 0 aliphatic heterocycles. The van der Waals surface area contributed by atoms with E-state index in [2.05, 4.69) is 0 Å². The van der Waals surface area contributed by atoms with Crippen LogP contribution in [0.3, 0.4) is 0 Å². The van der Waals surface area contributed by atoms with E-state index in [0.717, 1.165) is 0 Å². The molecule has 0 aliphatic carbocycles. The number of carboxylic acid groups (broad SMARTS) is 1. The Morgan fingerprint density at radius 3 is 2.45 bits per heavy atom. The molecule has 4 nitrogen and oxygen atoms in total. The van der Waals surface area contributed by atoms with Crippen molar-refractivity contribution in [2.24, 2.45) is 0 Å². The lowest BCUT2D eigenvalue weighted by molar-refractivity contribution is -0.138. The first kappa shape index (κ1) is 16.5. The molecule has 6 heteroatoms. The predicted molar refractivity (Wildman–Crippen MR) is 85.2 cm³/mol. The van der Waals surface area contributed by atoms with Crippen molar-refractivity contribution in [3.05, 3.63) is 57.6 Å². The fraction of sp³-hybridized carbons (Fsp3) is 0.188. The number of rotatable bonds is 5. The molecule has 0 saturated carbocycles. The van der Waals surface area contributed by atoms with Crippen LogP contribution >= 0.6 is 23.2 Å². The van der Waals surface area contributed by atoms with Gasteiger partial charge in [0.2, 0.25) is 0 Å². The van der Waals surface area contributed by atoms with Crippen LogP contribution in [-0.4, -0.2) is 23.3 Å². The zero-order valence-corrected chi connectivity index (χ0v) is 13.2. The largest absolute Gasteiger partial charge is 0.504 e. The van der Waals surface area contributed by atoms with Gasteiger partial charge in [-0.1, -0.05) is 35.3 Å². The summed E-state index contributed by atoms with van der Waals surface area (Å²) in [5, 5.41) is 19.9. The molecule has 0 spiro atoms. The molecule has 1 unspecified atom stereocenters. The average Bonchev–Trinajstić information content (AvgIpc) is 2.47. The summed E-state index contributed by atoms with van der Waals surface area (Å²) in [5.41, 5.74) is 1.23. The molecule has 0 radical (unpaired) electrons. The van der Waals surface area contributed by atoms with Crippen LogP contribution in [0.2, 0.25) is 10.0 Å². The number of carbonyl (C=O) groups is 1. The monoisotopic (exact) mass is 340 g/mol. The van der Waals surface area contributed by atoms with Gasteiger partial charge < -0.3 is 14.9 Å². The maximum Gasteiger partial charge on any atom is 0.311 e. The van der Waals surface area contributed by atoms with Gasteiger partial charge in [-0.05, 0) is 41.8 Å². The van der Waals surface area contributed by atoms with E-state index in [9.17, 15) is 15.0 Å². The fourth-order valence-corrected chi connectivity index (χ4v) is 2.48. The van der Waals surface area contributed by atoms with Gasteiger partial charge in [0.15, 0.2) is 11.5 Å². The van der Waals surface area contributed by atoms with Crippen molar-refractivity contribution in [2.45, 2.75) is 12.3 Å². The molecule has 0 aliphatic rings. The second-order valence-electron chi connectivity index (χ2n) is 4.77. The van der Waals surface area contributed by atoms with Crippen molar-refractivity contribution >= 4 is 29.2 Å². The van der Waals surface area contributed by atoms with Crippen LogP contribution in [0.25, 0.3) is 0 Å². The average molecular weight is 341 g/mol. The maximum atomic E-state index is 11.5. The van der Waals surface area contributed by atoms with Gasteiger partial charge in [0.25, 0.3) is 0 Å². The van der Waals surface area contributed by atoms with E-state index in [4.69, 9.17) is 27.9 Å². The van der Waals surface area contributed by atoms with Crippen LogP contribution in [0.1, 0.15) is 17.0 Å². The molecule has 2 aromatic carbocycles. The number of aromatic hydroxyl groups is 1. The van der Waals surface area contributed by atoms with Gasteiger partial charge in [0.05, 0.1) is 23.1 Å². The third-order valence-corrected chi connectivity index (χ3v) is 4.07. The lowest BCUT2D eigenvalue weighted by Gasteiger charge is -2.14. The van der Waals surface area contributed by atoms with E-state index in [1.165, 1.54) is 13.2 Å². The van der Waals surface area contributed by atoms with Gasteiger partial charge in [-0.15, -0.1) is 0 Å². The maximum absolute atomic E-state index is 11.5. The molecule has 22 heavy (non-hydrogen) atoms. The van der Waals surface area contributed by atoms with Crippen LogP contribution in [-0.2, 0) is 11.2 Å². The van der Waals surface area contributed by atoms with Crippen LogP contribution in [0.4, 0.5) is 0 Å². The summed E-state index contributed by atoms with van der Waals surface area (Å²) in [6.07, 6.45) is 0.213. The molecule has 2 rings (SSSR count). The number of phenolic OH excluding ortho intramolecular Hbond substituents is 1. The van der Waals surface area contributed by atoms with Gasteiger partial charge in [0.1, 0.15) is 0 Å². The topological polar surface area (TPSA) is 66.8 Å². The first-order valence-corrected chi connectivity index (χ1v) is 7.21. The van der Waals surface area contributed by atoms with E-state index < -0.39 is 11.9 Å². The molecule has 0 amide bonds. The standard InChI is InChI=1S/C16H14Cl2O4/c1-22-15-5-2-9(7-14(15)19)6-11(16(20)21)10-3-4-12(17)13(18)8-10/h2-5,7-8,11,19H,6H2,1H3,(H,20,21). The molecule has 1 atom stereocenters. The van der Waals surface area contributed by atoms with Crippen LogP contribution in [0.5, 0.6) is 11.5 Å². The smallest absolute Gasteiger partial charge is 0.311 e. The Labute approximate surface area is 137 Å². The van der Waals surface area contributed by atoms with E-state index in [-0.39, 0.29) is 12.2 Å². The highest BCUT2D eigenvalue weighted by atomic mass is 35.5. The first-order chi connectivity index (χ1) is 10.4. The minimum absolute atomic E-state index is 0.0294. The number of benzene rings is 2. The highest BCUT2D eigenvalue weighted by Gasteiger charge is 2.21. The molecule has 0 bridgehead atoms. The van der Waals surface area contributed by atoms with E-state index in [1.807, 2.05) is 0 Å². The van der Waals surface area contributed by atoms with Crippen LogP contribution in [0.15, 0.2) is 36.4 Å². The Hall–Kier alpha value is -1.91. The highest BCUT2D eigenvalue weighted by Crippen LogP contribution is 2.31. The summed E-state index contributed by atoms with van der Waals surface area (Å²) in [6, 6.07) is 9.56. The molecule has 2 N–H and O–H groups in total. The van der Waals surface area contributed by atoms with Gasteiger partial charge in [-0.25, -0.2) is 0 Å². The summed E-state index contributed by atoms with van der Waals surface area (Å²) in [5.74, 6) is -1.46. The van der Waals surface area contributed by atoms with Crippen molar-refractivity contribution in [3.8, 4) is 11.5 Å². The van der Waals surface area contributed by atoms with Crippen molar-refractivity contribution in [3.63, 3.8) is 0 Å². The summed E-state index contributed by atoms with van der Waals surface area (Å²) >= 11 is 11.8. The Balaban J connectivity index is 2.31. The van der Waals surface area contributed by atoms with Gasteiger partial charge in [0, 0.05) is 0 Å². The van der Waals surface area contributed by atoms with E-state index in [1.54, 1.807) is 30.3 Å². The summed E-state index contributed by atoms with van der Waals surface area (Å²) in [4.78, 5) is 11.5. The number of carboxylic acids is 1. The zero-order chi connectivity index (χ0) is 16.3. The van der Waals surface area contributed by atoms with Gasteiger partial charge in [-0.2, -0.15) is 0 Å². The third kappa shape index (κ3) is 3.64. The molecular formula is C16H14Cl2O4. The molecule has 0 fully saturated rings. The minimum atomic E-state index is -0.978. The van der Waals surface area contributed by atoms with Crippen molar-refractivity contribution < 1.29 is 19.7 Å². The SMILES string of the molecule is COc1ccc(CC(C(=O)O)c2ccc(Cl)c(Cl)c2)cc1O. The first-order valence-electron chi connectivity index (χ1n) is 6.46. The highest BCUT2D eigenvalue weighted by molar-refractivity contribution is 6.42. The fourth-order valence-electron chi connectivity index (χ4n) is 2.18. The Kier molecular flexibility index (Phi) is 5.16. The third-order valence-electron chi connectivity index (χ3n) is 3.33. The summed E-state index contributed by atoms with van der Waals surface area (Å²) < 4.78 is 4.97. The van der Waals surface area contributed by atoms with E-state index >= 15 is 0 Å². The van der Waals surface area contributed by atoms with Crippen molar-refractivity contribution in [2.75, 3.05) is 7.11 Å². The quantitative estimate of drug-likeness (QED) is 0.859. The number of ether oxygens (including phenoxy) is 1. The number of aliphatic carboxylic acids is 1. The Bertz CT molecular complexity index is 701. The van der Waals surface area contributed by atoms with E-state index in [0.29, 0.717) is 26.9 Å². The lowest BCUT2D eigenvalue weighted by atomic mass is 9.92. The number of hydrogen-bond donors (Lipinski definition) is 2. The van der Waals surface area contributed by atoms with Crippen LogP contribution in [0, 0.1) is 0 Å².